The van der Waals surface area contributed by atoms with Gasteiger partial charge in [-0.1, -0.05) is 11.6 Å². The van der Waals surface area contributed by atoms with Crippen molar-refractivity contribution in [3.63, 3.8) is 0 Å². The molecule has 0 bridgehead atoms. The number of nitrogens with zero attached hydrogens (tertiary/aromatic N) is 4. The zero-order valence-electron chi connectivity index (χ0n) is 11.5. The molecule has 1 saturated heterocycles. The van der Waals surface area contributed by atoms with Gasteiger partial charge in [0.05, 0.1) is 24.0 Å². The number of ether oxygens (including phenoxy) is 1. The van der Waals surface area contributed by atoms with E-state index in [1.54, 1.807) is 6.07 Å². The Morgan fingerprint density at radius 3 is 2.73 bits per heavy atom. The van der Waals surface area contributed by atoms with E-state index in [1.165, 1.54) is 35.2 Å². The van der Waals surface area contributed by atoms with E-state index in [1.807, 2.05) is 0 Å². The summed E-state index contributed by atoms with van der Waals surface area (Å²) in [6.45, 7) is 0.638. The van der Waals surface area contributed by atoms with E-state index in [9.17, 15) is 8.42 Å². The predicted molar refractivity (Wildman–Crippen MR) is 79.1 cm³/mol. The molecule has 1 aliphatic heterocycles. The third-order valence-corrected chi connectivity index (χ3v) is 5.29. The van der Waals surface area contributed by atoms with Crippen LogP contribution in [0.3, 0.4) is 0 Å². The first-order valence-corrected chi connectivity index (χ1v) is 8.42. The molecule has 3 heterocycles. The highest BCUT2D eigenvalue weighted by Gasteiger charge is 2.34. The summed E-state index contributed by atoms with van der Waals surface area (Å²) >= 11 is 5.71. The van der Waals surface area contributed by atoms with Crippen molar-refractivity contribution in [2.45, 2.75) is 17.4 Å². The van der Waals surface area contributed by atoms with E-state index < -0.39 is 10.0 Å². The Balaban J connectivity index is 1.68. The summed E-state index contributed by atoms with van der Waals surface area (Å²) in [6, 6.07) is 3.31. The minimum Gasteiger partial charge on any atom is -0.459 e. The molecule has 0 radical (unpaired) electrons. The number of hydrogen-bond donors (Lipinski definition) is 0. The Hall–Kier alpha value is -1.77. The third kappa shape index (κ3) is 3.18. The molecule has 0 unspecified atom stereocenters. The van der Waals surface area contributed by atoms with Crippen LogP contribution in [0.1, 0.15) is 6.42 Å². The Morgan fingerprint density at radius 1 is 1.27 bits per heavy atom. The predicted octanol–water partition coefficient (Wildman–Crippen LogP) is 1.37. The summed E-state index contributed by atoms with van der Waals surface area (Å²) in [7, 11) is -3.54. The summed E-state index contributed by atoms with van der Waals surface area (Å²) < 4.78 is 31.9. The summed E-state index contributed by atoms with van der Waals surface area (Å²) in [6.07, 6.45) is 6.03. The van der Waals surface area contributed by atoms with Gasteiger partial charge in [0.25, 0.3) is 0 Å². The van der Waals surface area contributed by atoms with Crippen molar-refractivity contribution in [3.8, 4) is 6.01 Å². The highest BCUT2D eigenvalue weighted by molar-refractivity contribution is 7.89. The lowest BCUT2D eigenvalue weighted by molar-refractivity contribution is 0.197. The van der Waals surface area contributed by atoms with E-state index in [0.717, 1.165) is 0 Å². The second-order valence-corrected chi connectivity index (χ2v) is 7.14. The van der Waals surface area contributed by atoms with E-state index in [0.29, 0.717) is 18.0 Å². The van der Waals surface area contributed by atoms with Gasteiger partial charge in [0.15, 0.2) is 0 Å². The standard InChI is InChI=1S/C13H13ClN4O3S/c14-10-6-16-13(17-7-10)21-11-3-5-18(9-11)22(19,20)12-2-1-4-15-8-12/h1-2,4,6-8,11H,3,5,9H2/t11-/m0/s1. The van der Waals surface area contributed by atoms with Crippen LogP contribution in [0, 0.1) is 0 Å². The van der Waals surface area contributed by atoms with Gasteiger partial charge in [-0.2, -0.15) is 4.31 Å². The summed E-state index contributed by atoms with van der Waals surface area (Å²) in [4.78, 5) is 11.9. The van der Waals surface area contributed by atoms with Crippen LogP contribution in [0.4, 0.5) is 0 Å². The molecule has 0 amide bonds. The molecule has 9 heteroatoms. The fourth-order valence-electron chi connectivity index (χ4n) is 2.17. The molecule has 2 aromatic heterocycles. The lowest BCUT2D eigenvalue weighted by Crippen LogP contribution is -2.31. The van der Waals surface area contributed by atoms with Gasteiger partial charge >= 0.3 is 6.01 Å². The Labute approximate surface area is 133 Å². The first-order valence-electron chi connectivity index (χ1n) is 6.60. The Kier molecular flexibility index (Phi) is 4.23. The summed E-state index contributed by atoms with van der Waals surface area (Å²) in [5, 5.41) is 0.416. The van der Waals surface area contributed by atoms with Crippen molar-refractivity contribution >= 4 is 21.6 Å². The molecule has 116 valence electrons. The van der Waals surface area contributed by atoms with Crippen LogP contribution in [0.2, 0.25) is 5.02 Å². The lowest BCUT2D eigenvalue weighted by atomic mass is 10.3. The minimum absolute atomic E-state index is 0.179. The average Bonchev–Trinajstić information content (AvgIpc) is 3.00. The third-order valence-electron chi connectivity index (χ3n) is 3.25. The topological polar surface area (TPSA) is 85.3 Å². The average molecular weight is 341 g/mol. The number of pyridine rings is 1. The number of halogens is 1. The molecule has 1 fully saturated rings. The second-order valence-electron chi connectivity index (χ2n) is 4.76. The van der Waals surface area contributed by atoms with Gasteiger partial charge in [0, 0.05) is 18.9 Å². The van der Waals surface area contributed by atoms with Gasteiger partial charge in [-0.05, 0) is 18.6 Å². The van der Waals surface area contributed by atoms with E-state index in [-0.39, 0.29) is 23.6 Å². The molecule has 22 heavy (non-hydrogen) atoms. The quantitative estimate of drug-likeness (QED) is 0.835. The van der Waals surface area contributed by atoms with Crippen molar-refractivity contribution in [1.29, 1.82) is 0 Å². The molecule has 0 N–H and O–H groups in total. The smallest absolute Gasteiger partial charge is 0.316 e. The fraction of sp³-hybridized carbons (Fsp3) is 0.308. The molecule has 1 atom stereocenters. The zero-order valence-corrected chi connectivity index (χ0v) is 13.0. The van der Waals surface area contributed by atoms with E-state index in [4.69, 9.17) is 16.3 Å². The van der Waals surface area contributed by atoms with Crippen LogP contribution in [-0.2, 0) is 10.0 Å². The van der Waals surface area contributed by atoms with Crippen LogP contribution in [-0.4, -0.2) is 46.9 Å². The van der Waals surface area contributed by atoms with Crippen molar-refractivity contribution in [1.82, 2.24) is 19.3 Å². The highest BCUT2D eigenvalue weighted by Crippen LogP contribution is 2.22. The molecule has 0 aliphatic carbocycles. The van der Waals surface area contributed by atoms with Gasteiger partial charge in [-0.25, -0.2) is 18.4 Å². The molecule has 0 saturated carbocycles. The van der Waals surface area contributed by atoms with Crippen molar-refractivity contribution in [2.75, 3.05) is 13.1 Å². The number of sulfonamides is 1. The van der Waals surface area contributed by atoms with Crippen LogP contribution in [0.25, 0.3) is 0 Å². The number of aromatic nitrogens is 3. The van der Waals surface area contributed by atoms with Crippen molar-refractivity contribution in [2.24, 2.45) is 0 Å². The number of hydrogen-bond acceptors (Lipinski definition) is 6. The van der Waals surface area contributed by atoms with Crippen LogP contribution < -0.4 is 4.74 Å². The molecule has 0 spiro atoms. The lowest BCUT2D eigenvalue weighted by Gasteiger charge is -2.16. The molecule has 2 aromatic rings. The normalized spacial score (nSPS) is 19.2. The van der Waals surface area contributed by atoms with Gasteiger partial charge in [-0.15, -0.1) is 0 Å². The second kappa shape index (κ2) is 6.15. The maximum Gasteiger partial charge on any atom is 0.316 e. The monoisotopic (exact) mass is 340 g/mol. The maximum atomic E-state index is 12.5. The zero-order chi connectivity index (χ0) is 15.6. The van der Waals surface area contributed by atoms with E-state index >= 15 is 0 Å². The molecular formula is C13H13ClN4O3S. The maximum absolute atomic E-state index is 12.5. The fourth-order valence-corrected chi connectivity index (χ4v) is 3.72. The molecule has 0 aromatic carbocycles. The summed E-state index contributed by atoms with van der Waals surface area (Å²) in [5.74, 6) is 0. The molecule has 3 rings (SSSR count). The van der Waals surface area contributed by atoms with Gasteiger partial charge in [-0.3, -0.25) is 4.98 Å². The SMILES string of the molecule is O=S(=O)(c1cccnc1)N1CC[C@H](Oc2ncc(Cl)cn2)C1. The minimum atomic E-state index is -3.54. The largest absolute Gasteiger partial charge is 0.459 e. The first kappa shape index (κ1) is 15.1. The summed E-state index contributed by atoms with van der Waals surface area (Å²) in [5.41, 5.74) is 0. The van der Waals surface area contributed by atoms with Gasteiger partial charge in [0.1, 0.15) is 11.0 Å². The Bertz CT molecular complexity index is 740. The first-order chi connectivity index (χ1) is 10.6. The van der Waals surface area contributed by atoms with Gasteiger partial charge < -0.3 is 4.74 Å². The molecular weight excluding hydrogens is 328 g/mol. The molecule has 1 aliphatic rings. The highest BCUT2D eigenvalue weighted by atomic mass is 35.5. The van der Waals surface area contributed by atoms with Gasteiger partial charge in [0.2, 0.25) is 10.0 Å². The molecule has 7 nitrogen and oxygen atoms in total. The van der Waals surface area contributed by atoms with Crippen LogP contribution in [0.5, 0.6) is 6.01 Å². The van der Waals surface area contributed by atoms with Crippen LogP contribution in [0.15, 0.2) is 41.8 Å². The number of rotatable bonds is 4. The van der Waals surface area contributed by atoms with Crippen molar-refractivity contribution < 1.29 is 13.2 Å². The van der Waals surface area contributed by atoms with E-state index in [2.05, 4.69) is 15.0 Å². The van der Waals surface area contributed by atoms with Crippen LogP contribution >= 0.6 is 11.6 Å². The Morgan fingerprint density at radius 2 is 2.05 bits per heavy atom. The van der Waals surface area contributed by atoms with Crippen molar-refractivity contribution in [3.05, 3.63) is 41.9 Å².